The van der Waals surface area contributed by atoms with Gasteiger partial charge in [0.25, 0.3) is 0 Å². The normalized spacial score (nSPS) is 16.9. The van der Waals surface area contributed by atoms with Crippen molar-refractivity contribution in [3.05, 3.63) is 216 Å². The van der Waals surface area contributed by atoms with Crippen molar-refractivity contribution < 1.29 is 0 Å². The van der Waals surface area contributed by atoms with Gasteiger partial charge in [-0.3, -0.25) is 9.97 Å². The van der Waals surface area contributed by atoms with Crippen molar-refractivity contribution in [3.63, 3.8) is 0 Å². The minimum absolute atomic E-state index is 0.131. The van der Waals surface area contributed by atoms with Crippen LogP contribution in [0.4, 0.5) is 0 Å². The molecule has 5 aromatic rings. The van der Waals surface area contributed by atoms with Crippen LogP contribution in [-0.2, 0) is 6.42 Å². The molecule has 54 heavy (non-hydrogen) atoms. The molecular formula is C48H44N6. The van der Waals surface area contributed by atoms with Gasteiger partial charge in [-0.05, 0) is 107 Å². The predicted molar refractivity (Wildman–Crippen MR) is 223 cm³/mol. The first kappa shape index (κ1) is 35.6. The first-order chi connectivity index (χ1) is 26.6. The van der Waals surface area contributed by atoms with Crippen LogP contribution in [0.25, 0.3) is 39.3 Å². The van der Waals surface area contributed by atoms with Gasteiger partial charge < -0.3 is 17.2 Å². The van der Waals surface area contributed by atoms with Crippen molar-refractivity contribution in [2.24, 2.45) is 17.2 Å². The summed E-state index contributed by atoms with van der Waals surface area (Å²) in [4.78, 5) is 14.2. The minimum Gasteiger partial charge on any atom is -0.405 e. The fourth-order valence-corrected chi connectivity index (χ4v) is 7.04. The van der Waals surface area contributed by atoms with E-state index in [9.17, 15) is 0 Å². The molecule has 0 saturated heterocycles. The summed E-state index contributed by atoms with van der Waals surface area (Å²) >= 11 is 0. The second kappa shape index (κ2) is 17.2. The summed E-state index contributed by atoms with van der Waals surface area (Å²) in [5.74, 6) is 0.344. The van der Waals surface area contributed by atoms with E-state index in [4.69, 9.17) is 27.2 Å². The van der Waals surface area contributed by atoms with E-state index < -0.39 is 0 Å². The van der Waals surface area contributed by atoms with Crippen LogP contribution < -0.4 is 17.2 Å². The number of nitrogens with zero attached hydrogens (tertiary/aromatic N) is 3. The van der Waals surface area contributed by atoms with E-state index in [1.807, 2.05) is 66.9 Å². The Morgan fingerprint density at radius 2 is 1.56 bits per heavy atom. The van der Waals surface area contributed by atoms with Gasteiger partial charge in [-0.2, -0.15) is 0 Å². The monoisotopic (exact) mass is 704 g/mol. The SMILES string of the molecule is N/C=C\C=C/Cc1ccc(-c2cccc(-c3ccc4c(c3)C3C=C(/C(N)=C/C=C\CC/C=C\C(=C/N)c5ccccn5)C=CC3c3ccccc3-4)n2)nc1. The molecule has 7 rings (SSSR count). The van der Waals surface area contributed by atoms with E-state index >= 15 is 0 Å². The lowest BCUT2D eigenvalue weighted by molar-refractivity contribution is 0.715. The Balaban J connectivity index is 1.10. The molecule has 0 radical (unpaired) electrons. The van der Waals surface area contributed by atoms with E-state index in [0.29, 0.717) is 0 Å². The highest BCUT2D eigenvalue weighted by Gasteiger charge is 2.33. The second-order valence-corrected chi connectivity index (χ2v) is 13.3. The molecule has 6 heteroatoms. The number of nitrogens with two attached hydrogens (primary N) is 3. The number of rotatable bonds is 12. The average molecular weight is 705 g/mol. The largest absolute Gasteiger partial charge is 0.405 e. The maximum absolute atomic E-state index is 6.71. The van der Waals surface area contributed by atoms with Gasteiger partial charge in [0, 0.05) is 47.3 Å². The lowest BCUT2D eigenvalue weighted by Gasteiger charge is -2.35. The van der Waals surface area contributed by atoms with Gasteiger partial charge in [0.1, 0.15) is 0 Å². The van der Waals surface area contributed by atoms with Crippen molar-refractivity contribution in [2.45, 2.75) is 31.1 Å². The summed E-state index contributed by atoms with van der Waals surface area (Å²) in [5, 5.41) is 0. The number of unbranched alkanes of at least 4 members (excludes halogenated alkanes) is 1. The van der Waals surface area contributed by atoms with Gasteiger partial charge >= 0.3 is 0 Å². The number of aromatic nitrogens is 3. The Bertz CT molecular complexity index is 2340. The standard InChI is InChI=1S/C48H44N6/c49-28-11-4-5-14-34-22-27-47(53-33-34)48-21-13-20-46(54-48)36-24-26-41-39-17-9-8-16-38(39)40-25-23-35(30-42(40)43(41)31-36)44(51)18-7-3-1-2-6-15-37(32-50)45-19-10-12-29-52-45/h3-13,15-33,40,42H,1-2,14,49-51H2/b5-4-,7-3-,15-6-,28-11-,37-32+,44-18-. The average Bonchev–Trinajstić information content (AvgIpc) is 3.23. The summed E-state index contributed by atoms with van der Waals surface area (Å²) in [6, 6.07) is 31.6. The molecule has 2 unspecified atom stereocenters. The highest BCUT2D eigenvalue weighted by molar-refractivity contribution is 5.80. The number of hydrogen-bond donors (Lipinski definition) is 3. The molecule has 2 aromatic carbocycles. The zero-order valence-corrected chi connectivity index (χ0v) is 30.2. The van der Waals surface area contributed by atoms with Crippen LogP contribution in [0.2, 0.25) is 0 Å². The molecule has 0 fully saturated rings. The summed E-state index contributed by atoms with van der Waals surface area (Å²) in [6.07, 6.45) is 32.3. The van der Waals surface area contributed by atoms with Crippen molar-refractivity contribution >= 4 is 5.57 Å². The highest BCUT2D eigenvalue weighted by Crippen LogP contribution is 2.51. The van der Waals surface area contributed by atoms with Gasteiger partial charge in [0.05, 0.1) is 22.8 Å². The van der Waals surface area contributed by atoms with Gasteiger partial charge in [0.15, 0.2) is 0 Å². The van der Waals surface area contributed by atoms with Crippen LogP contribution in [-0.4, -0.2) is 15.0 Å². The van der Waals surface area contributed by atoms with Gasteiger partial charge in [0.2, 0.25) is 0 Å². The first-order valence-electron chi connectivity index (χ1n) is 18.3. The van der Waals surface area contributed by atoms with Crippen molar-refractivity contribution in [2.75, 3.05) is 0 Å². The molecule has 3 heterocycles. The van der Waals surface area contributed by atoms with Crippen LogP contribution in [0.3, 0.4) is 0 Å². The molecule has 6 nitrogen and oxygen atoms in total. The Morgan fingerprint density at radius 3 is 2.39 bits per heavy atom. The number of fused-ring (bicyclic) bond motifs is 6. The Kier molecular flexibility index (Phi) is 11.3. The summed E-state index contributed by atoms with van der Waals surface area (Å²) in [7, 11) is 0. The fraction of sp³-hybridized carbons (Fsp3) is 0.104. The molecule has 0 saturated carbocycles. The first-order valence-corrected chi connectivity index (χ1v) is 18.3. The summed E-state index contributed by atoms with van der Waals surface area (Å²) in [6.45, 7) is 0. The molecule has 2 atom stereocenters. The van der Waals surface area contributed by atoms with Gasteiger partial charge in [-0.25, -0.2) is 4.98 Å². The molecule has 2 aliphatic rings. The molecule has 0 aliphatic heterocycles. The molecular weight excluding hydrogens is 661 g/mol. The van der Waals surface area contributed by atoms with Crippen molar-refractivity contribution in [1.29, 1.82) is 0 Å². The highest BCUT2D eigenvalue weighted by atomic mass is 14.8. The van der Waals surface area contributed by atoms with Crippen LogP contribution in [0.15, 0.2) is 194 Å². The zero-order chi connectivity index (χ0) is 37.1. The number of allylic oxidation sites excluding steroid dienone is 12. The summed E-state index contributed by atoms with van der Waals surface area (Å²) in [5.41, 5.74) is 31.4. The van der Waals surface area contributed by atoms with E-state index in [1.165, 1.54) is 28.5 Å². The lowest BCUT2D eigenvalue weighted by Crippen LogP contribution is -2.18. The third-order valence-corrected chi connectivity index (χ3v) is 9.78. The Hall–Kier alpha value is -6.79. The van der Waals surface area contributed by atoms with Crippen molar-refractivity contribution in [3.8, 4) is 33.8 Å². The Labute approximate surface area is 317 Å². The number of hydrogen-bond acceptors (Lipinski definition) is 6. The Morgan fingerprint density at radius 1 is 0.704 bits per heavy atom. The second-order valence-electron chi connectivity index (χ2n) is 13.3. The topological polar surface area (TPSA) is 117 Å². The molecule has 0 bridgehead atoms. The molecule has 266 valence electrons. The molecule has 0 amide bonds. The van der Waals surface area contributed by atoms with Crippen LogP contribution in [0, 0.1) is 0 Å². The third kappa shape index (κ3) is 8.14. The molecule has 0 spiro atoms. The van der Waals surface area contributed by atoms with Crippen molar-refractivity contribution in [1.82, 2.24) is 15.0 Å². The maximum Gasteiger partial charge on any atom is 0.0893 e. The van der Waals surface area contributed by atoms with Crippen LogP contribution in [0.5, 0.6) is 0 Å². The number of benzene rings is 2. The summed E-state index contributed by atoms with van der Waals surface area (Å²) < 4.78 is 0. The third-order valence-electron chi connectivity index (χ3n) is 9.78. The molecule has 2 aliphatic carbocycles. The van der Waals surface area contributed by atoms with E-state index in [0.717, 1.165) is 70.0 Å². The molecule has 3 aromatic heterocycles. The fourth-order valence-electron chi connectivity index (χ4n) is 7.04. The quantitative estimate of drug-likeness (QED) is 0.0880. The van der Waals surface area contributed by atoms with Crippen LogP contribution in [0.1, 0.15) is 47.1 Å². The minimum atomic E-state index is 0.131. The van der Waals surface area contributed by atoms with Gasteiger partial charge in [-0.1, -0.05) is 109 Å². The van der Waals surface area contributed by atoms with Gasteiger partial charge in [-0.15, -0.1) is 0 Å². The van der Waals surface area contributed by atoms with Crippen LogP contribution >= 0.6 is 0 Å². The van der Waals surface area contributed by atoms with E-state index in [1.54, 1.807) is 12.4 Å². The van der Waals surface area contributed by atoms with E-state index in [2.05, 4.69) is 102 Å². The zero-order valence-electron chi connectivity index (χ0n) is 30.2. The number of pyridine rings is 3. The van der Waals surface area contributed by atoms with E-state index in [-0.39, 0.29) is 11.8 Å². The molecule has 6 N–H and O–H groups in total. The maximum atomic E-state index is 6.71. The smallest absolute Gasteiger partial charge is 0.0893 e. The lowest BCUT2D eigenvalue weighted by atomic mass is 9.68. The predicted octanol–water partition coefficient (Wildman–Crippen LogP) is 9.86.